The van der Waals surface area contributed by atoms with Crippen molar-refractivity contribution in [3.8, 4) is 0 Å². The van der Waals surface area contributed by atoms with Crippen molar-refractivity contribution in [3.63, 3.8) is 0 Å². The maximum atomic E-state index is 12.2. The largest absolute Gasteiger partial charge is 0.389 e. The number of thioether (sulfide) groups is 1. The quantitative estimate of drug-likeness (QED) is 0.748. The fourth-order valence-electron chi connectivity index (χ4n) is 1.70. The lowest BCUT2D eigenvalue weighted by atomic mass is 10.1. The molecule has 0 aliphatic carbocycles. The summed E-state index contributed by atoms with van der Waals surface area (Å²) >= 11 is 6.60. The molecule has 112 valence electrons. The highest BCUT2D eigenvalue weighted by molar-refractivity contribution is 7.99. The molecule has 3 N–H and O–H groups in total. The zero-order chi connectivity index (χ0) is 15.3. The molecule has 0 heterocycles. The maximum absolute atomic E-state index is 12.2. The Morgan fingerprint density at radius 3 is 2.65 bits per heavy atom. The van der Waals surface area contributed by atoms with E-state index in [1.54, 1.807) is 36.9 Å². The molecule has 1 aromatic rings. The molecule has 0 aliphatic heterocycles. The fraction of sp³-hybridized carbons (Fsp3) is 0.462. The van der Waals surface area contributed by atoms with Gasteiger partial charge in [0.2, 0.25) is 10.0 Å². The third-order valence-electron chi connectivity index (χ3n) is 2.99. The molecule has 0 saturated heterocycles. The van der Waals surface area contributed by atoms with Crippen LogP contribution in [0.25, 0.3) is 0 Å². The summed E-state index contributed by atoms with van der Waals surface area (Å²) in [6.07, 6.45) is 2.81. The minimum atomic E-state index is -3.48. The molecule has 0 bridgehead atoms. The predicted octanol–water partition coefficient (Wildman–Crippen LogP) is 2.05. The molecule has 1 unspecified atom stereocenters. The Bertz CT molecular complexity index is 585. The third kappa shape index (κ3) is 4.73. The van der Waals surface area contributed by atoms with Crippen LogP contribution >= 0.6 is 24.0 Å². The summed E-state index contributed by atoms with van der Waals surface area (Å²) in [5.74, 6) is 0. The van der Waals surface area contributed by atoms with Crippen LogP contribution in [0.1, 0.15) is 24.5 Å². The minimum absolute atomic E-state index is 0.263. The Hall–Kier alpha value is -0.630. The molecule has 0 amide bonds. The lowest BCUT2D eigenvalue weighted by Gasteiger charge is -2.12. The average Bonchev–Trinajstić information content (AvgIpc) is 2.37. The molecule has 0 aliphatic rings. The van der Waals surface area contributed by atoms with Gasteiger partial charge in [0.15, 0.2) is 0 Å². The van der Waals surface area contributed by atoms with Gasteiger partial charge in [-0.25, -0.2) is 13.1 Å². The molecule has 1 aromatic carbocycles. The molecular formula is C13H20N2O2S3. The Kier molecular flexibility index (Phi) is 6.44. The molecule has 0 fully saturated rings. The van der Waals surface area contributed by atoms with Crippen LogP contribution in [-0.4, -0.2) is 31.5 Å². The SMILES string of the molecule is CSC(C)CCNS(=O)(=O)c1ccc(C(N)=S)cc1C. The minimum Gasteiger partial charge on any atom is -0.389 e. The van der Waals surface area contributed by atoms with Gasteiger partial charge in [0.25, 0.3) is 0 Å². The maximum Gasteiger partial charge on any atom is 0.240 e. The van der Waals surface area contributed by atoms with Gasteiger partial charge < -0.3 is 5.73 Å². The summed E-state index contributed by atoms with van der Waals surface area (Å²) in [5, 5.41) is 0.427. The van der Waals surface area contributed by atoms with Crippen molar-refractivity contribution >= 4 is 39.0 Å². The van der Waals surface area contributed by atoms with Crippen molar-refractivity contribution < 1.29 is 8.42 Å². The first-order valence-corrected chi connectivity index (χ1v) is 9.38. The van der Waals surface area contributed by atoms with Gasteiger partial charge in [0.1, 0.15) is 4.99 Å². The van der Waals surface area contributed by atoms with E-state index in [9.17, 15) is 8.42 Å². The van der Waals surface area contributed by atoms with Crippen molar-refractivity contribution in [2.45, 2.75) is 30.4 Å². The van der Waals surface area contributed by atoms with E-state index in [1.807, 2.05) is 6.26 Å². The number of rotatable bonds is 7. The zero-order valence-electron chi connectivity index (χ0n) is 11.8. The molecule has 1 rings (SSSR count). The summed E-state index contributed by atoms with van der Waals surface area (Å²) in [4.78, 5) is 0.535. The topological polar surface area (TPSA) is 72.2 Å². The third-order valence-corrected chi connectivity index (χ3v) is 5.89. The van der Waals surface area contributed by atoms with E-state index >= 15 is 0 Å². The van der Waals surface area contributed by atoms with E-state index in [0.717, 1.165) is 6.42 Å². The second kappa shape index (κ2) is 7.40. The van der Waals surface area contributed by atoms with Gasteiger partial charge in [0.05, 0.1) is 4.90 Å². The number of nitrogens with one attached hydrogen (secondary N) is 1. The van der Waals surface area contributed by atoms with E-state index in [2.05, 4.69) is 11.6 Å². The van der Waals surface area contributed by atoms with E-state index in [-0.39, 0.29) is 9.88 Å². The van der Waals surface area contributed by atoms with Crippen LogP contribution in [0.4, 0.5) is 0 Å². The molecule has 0 aromatic heterocycles. The van der Waals surface area contributed by atoms with Gasteiger partial charge in [-0.1, -0.05) is 25.2 Å². The fourth-order valence-corrected chi connectivity index (χ4v) is 3.45. The number of benzene rings is 1. The number of sulfonamides is 1. The number of thiocarbonyl (C=S) groups is 1. The van der Waals surface area contributed by atoms with Crippen LogP contribution in [-0.2, 0) is 10.0 Å². The molecule has 0 radical (unpaired) electrons. The van der Waals surface area contributed by atoms with Crippen LogP contribution in [0.2, 0.25) is 0 Å². The highest BCUT2D eigenvalue weighted by atomic mass is 32.2. The van der Waals surface area contributed by atoms with Gasteiger partial charge in [-0.3, -0.25) is 0 Å². The Morgan fingerprint density at radius 1 is 1.50 bits per heavy atom. The Morgan fingerprint density at radius 2 is 2.15 bits per heavy atom. The van der Waals surface area contributed by atoms with Crippen molar-refractivity contribution in [1.82, 2.24) is 4.72 Å². The van der Waals surface area contributed by atoms with Crippen LogP contribution in [0.5, 0.6) is 0 Å². The van der Waals surface area contributed by atoms with Gasteiger partial charge >= 0.3 is 0 Å². The number of hydrogen-bond acceptors (Lipinski definition) is 4. The molecule has 1 atom stereocenters. The van der Waals surface area contributed by atoms with E-state index in [0.29, 0.717) is 22.9 Å². The molecule has 7 heteroatoms. The second-order valence-corrected chi connectivity index (χ2v) is 8.03. The first kappa shape index (κ1) is 17.4. The van der Waals surface area contributed by atoms with Crippen molar-refractivity contribution in [1.29, 1.82) is 0 Å². The van der Waals surface area contributed by atoms with Gasteiger partial charge in [-0.15, -0.1) is 0 Å². The average molecular weight is 333 g/mol. The summed E-state index contributed by atoms with van der Waals surface area (Å²) < 4.78 is 27.1. The molecule has 0 saturated carbocycles. The monoisotopic (exact) mass is 332 g/mol. The summed E-state index contributed by atoms with van der Waals surface area (Å²) in [7, 11) is -3.48. The van der Waals surface area contributed by atoms with Gasteiger partial charge in [-0.2, -0.15) is 11.8 Å². The zero-order valence-corrected chi connectivity index (χ0v) is 14.3. The standard InChI is InChI=1S/C13H20N2O2S3/c1-9-8-11(13(14)18)4-5-12(9)20(16,17)15-7-6-10(2)19-3/h4-5,8,10,15H,6-7H2,1-3H3,(H2,14,18). The first-order chi connectivity index (χ1) is 9.27. The Labute approximate surface area is 130 Å². The van der Waals surface area contributed by atoms with Crippen LogP contribution in [0, 0.1) is 6.92 Å². The molecule has 4 nitrogen and oxygen atoms in total. The van der Waals surface area contributed by atoms with Crippen LogP contribution in [0.15, 0.2) is 23.1 Å². The molecule has 20 heavy (non-hydrogen) atoms. The Balaban J connectivity index is 2.85. The molecule has 0 spiro atoms. The number of hydrogen-bond donors (Lipinski definition) is 2. The second-order valence-electron chi connectivity index (χ2n) is 4.58. The summed E-state index contributed by atoms with van der Waals surface area (Å²) in [5.41, 5.74) is 6.85. The highest BCUT2D eigenvalue weighted by Crippen LogP contribution is 2.17. The number of aryl methyl sites for hydroxylation is 1. The smallest absolute Gasteiger partial charge is 0.240 e. The summed E-state index contributed by atoms with van der Waals surface area (Å²) in [6, 6.07) is 4.87. The van der Waals surface area contributed by atoms with E-state index < -0.39 is 10.0 Å². The lowest BCUT2D eigenvalue weighted by Crippen LogP contribution is -2.27. The van der Waals surface area contributed by atoms with Gasteiger partial charge in [0, 0.05) is 17.4 Å². The van der Waals surface area contributed by atoms with E-state index in [4.69, 9.17) is 18.0 Å². The lowest BCUT2D eigenvalue weighted by molar-refractivity contribution is 0.578. The van der Waals surface area contributed by atoms with E-state index in [1.165, 1.54) is 0 Å². The van der Waals surface area contributed by atoms with Gasteiger partial charge in [-0.05, 0) is 37.3 Å². The number of nitrogens with two attached hydrogens (primary N) is 1. The van der Waals surface area contributed by atoms with Crippen LogP contribution < -0.4 is 10.5 Å². The molecular weight excluding hydrogens is 312 g/mol. The van der Waals surface area contributed by atoms with Crippen LogP contribution in [0.3, 0.4) is 0 Å². The normalized spacial score (nSPS) is 13.2. The first-order valence-electron chi connectivity index (χ1n) is 6.21. The van der Waals surface area contributed by atoms with Crippen molar-refractivity contribution in [2.75, 3.05) is 12.8 Å². The van der Waals surface area contributed by atoms with Crippen molar-refractivity contribution in [3.05, 3.63) is 29.3 Å². The van der Waals surface area contributed by atoms with Crippen molar-refractivity contribution in [2.24, 2.45) is 5.73 Å². The predicted molar refractivity (Wildman–Crippen MR) is 89.8 cm³/mol. The highest BCUT2D eigenvalue weighted by Gasteiger charge is 2.17. The summed E-state index contributed by atoms with van der Waals surface area (Å²) in [6.45, 7) is 4.24.